The lowest BCUT2D eigenvalue weighted by atomic mass is 10.3. The number of rotatable bonds is 6. The Labute approximate surface area is 175 Å². The lowest BCUT2D eigenvalue weighted by Gasteiger charge is -2.13. The Morgan fingerprint density at radius 3 is 2.52 bits per heavy atom. The number of furan rings is 1. The van der Waals surface area contributed by atoms with Crippen molar-refractivity contribution in [3.05, 3.63) is 80.8 Å². The zero-order valence-corrected chi connectivity index (χ0v) is 17.0. The molecule has 10 heteroatoms. The molecule has 0 atom stereocenters. The van der Waals surface area contributed by atoms with Gasteiger partial charge in [0, 0.05) is 12.2 Å². The van der Waals surface area contributed by atoms with Crippen LogP contribution in [-0.4, -0.2) is 24.8 Å². The summed E-state index contributed by atoms with van der Waals surface area (Å²) in [4.78, 5) is 39.0. The lowest BCUT2D eigenvalue weighted by molar-refractivity contribution is -0.116. The second-order valence-corrected chi connectivity index (χ2v) is 6.99. The van der Waals surface area contributed by atoms with Crippen LogP contribution in [0, 0.1) is 12.7 Å². The van der Waals surface area contributed by atoms with Gasteiger partial charge in [-0.15, -0.1) is 0 Å². The summed E-state index contributed by atoms with van der Waals surface area (Å²) in [6, 6.07) is 8.60. The van der Waals surface area contributed by atoms with Gasteiger partial charge in [-0.1, -0.05) is 0 Å². The fourth-order valence-electron chi connectivity index (χ4n) is 3.51. The molecule has 31 heavy (non-hydrogen) atoms. The van der Waals surface area contributed by atoms with E-state index in [9.17, 15) is 18.8 Å². The van der Waals surface area contributed by atoms with Gasteiger partial charge in [-0.2, -0.15) is 5.10 Å². The normalized spacial score (nSPS) is 11.2. The van der Waals surface area contributed by atoms with Crippen molar-refractivity contribution >= 4 is 22.6 Å². The third kappa shape index (κ3) is 3.79. The van der Waals surface area contributed by atoms with Gasteiger partial charge in [-0.25, -0.2) is 9.18 Å². The molecule has 0 spiro atoms. The molecule has 0 saturated carbocycles. The molecule has 0 aliphatic rings. The molecular weight excluding hydrogens is 405 g/mol. The average Bonchev–Trinajstić information content (AvgIpc) is 3.37. The number of hydrogen-bond acceptors (Lipinski definition) is 5. The number of halogens is 1. The number of aromatic nitrogens is 4. The summed E-state index contributed by atoms with van der Waals surface area (Å²) in [7, 11) is 0. The van der Waals surface area contributed by atoms with E-state index in [1.165, 1.54) is 39.8 Å². The van der Waals surface area contributed by atoms with Crippen LogP contribution in [0.4, 0.5) is 10.1 Å². The molecule has 0 radical (unpaired) electrons. The molecule has 0 fully saturated rings. The van der Waals surface area contributed by atoms with E-state index in [1.54, 1.807) is 19.1 Å². The Morgan fingerprint density at radius 2 is 1.87 bits per heavy atom. The minimum atomic E-state index is -0.651. The van der Waals surface area contributed by atoms with Crippen LogP contribution in [0.25, 0.3) is 11.0 Å². The summed E-state index contributed by atoms with van der Waals surface area (Å²) in [6.45, 7) is 3.51. The molecule has 160 valence electrons. The number of nitrogens with one attached hydrogen (secondary N) is 1. The molecule has 0 unspecified atom stereocenters. The van der Waals surface area contributed by atoms with Crippen LogP contribution in [0.15, 0.2) is 56.7 Å². The molecular formula is C21H20FN5O4. The van der Waals surface area contributed by atoms with Crippen LogP contribution >= 0.6 is 0 Å². The number of fused-ring (bicyclic) bond motifs is 1. The molecule has 0 saturated heterocycles. The maximum Gasteiger partial charge on any atom is 0.332 e. The Balaban J connectivity index is 1.81. The van der Waals surface area contributed by atoms with E-state index in [4.69, 9.17) is 4.42 Å². The maximum absolute atomic E-state index is 13.2. The van der Waals surface area contributed by atoms with E-state index in [1.807, 2.05) is 6.92 Å². The first-order chi connectivity index (χ1) is 14.9. The van der Waals surface area contributed by atoms with Crippen LogP contribution in [-0.2, 0) is 24.4 Å². The van der Waals surface area contributed by atoms with Crippen molar-refractivity contribution in [1.29, 1.82) is 0 Å². The summed E-state index contributed by atoms with van der Waals surface area (Å²) < 4.78 is 22.2. The summed E-state index contributed by atoms with van der Waals surface area (Å²) in [6.07, 6.45) is 1.45. The zero-order chi connectivity index (χ0) is 22.1. The van der Waals surface area contributed by atoms with Crippen LogP contribution < -0.4 is 16.6 Å². The van der Waals surface area contributed by atoms with Crippen molar-refractivity contribution in [3.8, 4) is 0 Å². The molecule has 1 N–H and O–H groups in total. The van der Waals surface area contributed by atoms with E-state index in [0.717, 1.165) is 4.57 Å². The van der Waals surface area contributed by atoms with Crippen molar-refractivity contribution in [3.63, 3.8) is 0 Å². The van der Waals surface area contributed by atoms with Crippen LogP contribution in [0.5, 0.6) is 0 Å². The number of benzene rings is 1. The molecule has 9 nitrogen and oxygen atoms in total. The second-order valence-electron chi connectivity index (χ2n) is 6.99. The van der Waals surface area contributed by atoms with Crippen molar-refractivity contribution in [2.45, 2.75) is 33.5 Å². The van der Waals surface area contributed by atoms with Gasteiger partial charge in [0.05, 0.1) is 18.5 Å². The van der Waals surface area contributed by atoms with Gasteiger partial charge in [0.25, 0.3) is 5.56 Å². The molecule has 0 aliphatic heterocycles. The highest BCUT2D eigenvalue weighted by atomic mass is 19.1. The molecule has 1 amide bonds. The van der Waals surface area contributed by atoms with Crippen molar-refractivity contribution in [2.75, 3.05) is 5.32 Å². The van der Waals surface area contributed by atoms with Gasteiger partial charge >= 0.3 is 5.69 Å². The summed E-state index contributed by atoms with van der Waals surface area (Å²) in [5, 5.41) is 6.99. The van der Waals surface area contributed by atoms with E-state index >= 15 is 0 Å². The molecule has 3 heterocycles. The highest BCUT2D eigenvalue weighted by Crippen LogP contribution is 2.15. The minimum Gasteiger partial charge on any atom is -0.467 e. The number of amides is 1. The molecule has 0 aliphatic carbocycles. The molecule has 3 aromatic heterocycles. The van der Waals surface area contributed by atoms with Gasteiger partial charge in [0.15, 0.2) is 5.52 Å². The first-order valence-electron chi connectivity index (χ1n) is 9.67. The van der Waals surface area contributed by atoms with Crippen LogP contribution in [0.1, 0.15) is 18.4 Å². The van der Waals surface area contributed by atoms with E-state index < -0.39 is 23.0 Å². The third-order valence-electron chi connectivity index (χ3n) is 4.90. The van der Waals surface area contributed by atoms with Gasteiger partial charge in [0.2, 0.25) is 5.91 Å². The van der Waals surface area contributed by atoms with Crippen LogP contribution in [0.2, 0.25) is 0 Å². The van der Waals surface area contributed by atoms with E-state index in [2.05, 4.69) is 10.4 Å². The Bertz CT molecular complexity index is 1360. The van der Waals surface area contributed by atoms with Gasteiger partial charge in [0.1, 0.15) is 23.6 Å². The number of carbonyl (C=O) groups is 1. The average molecular weight is 425 g/mol. The highest BCUT2D eigenvalue weighted by Gasteiger charge is 2.22. The van der Waals surface area contributed by atoms with Gasteiger partial charge in [-0.05, 0) is 50.2 Å². The van der Waals surface area contributed by atoms with Crippen molar-refractivity contribution < 1.29 is 13.6 Å². The zero-order valence-electron chi connectivity index (χ0n) is 17.0. The first kappa shape index (κ1) is 20.3. The smallest absolute Gasteiger partial charge is 0.332 e. The second kappa shape index (κ2) is 8.05. The molecule has 0 bridgehead atoms. The van der Waals surface area contributed by atoms with E-state index in [0.29, 0.717) is 29.2 Å². The van der Waals surface area contributed by atoms with Gasteiger partial charge in [-0.3, -0.25) is 23.4 Å². The third-order valence-corrected chi connectivity index (χ3v) is 4.90. The standard InChI is InChI=1S/C21H20FN5O4/c1-3-27-19-18(13(2)24-27)25(12-17(28)23-15-8-6-14(22)7-9-15)21(30)26(20(19)29)11-16-5-4-10-31-16/h4-10H,3,11-12H2,1-2H3,(H,23,28). The predicted octanol–water partition coefficient (Wildman–Crippen LogP) is 2.11. The fourth-order valence-corrected chi connectivity index (χ4v) is 3.51. The summed E-state index contributed by atoms with van der Waals surface area (Å²) >= 11 is 0. The number of carbonyl (C=O) groups excluding carboxylic acids is 1. The van der Waals surface area contributed by atoms with E-state index in [-0.39, 0.29) is 18.6 Å². The monoisotopic (exact) mass is 425 g/mol. The number of anilines is 1. The quantitative estimate of drug-likeness (QED) is 0.510. The molecule has 4 rings (SSSR count). The predicted molar refractivity (Wildman–Crippen MR) is 112 cm³/mol. The maximum atomic E-state index is 13.2. The lowest BCUT2D eigenvalue weighted by Crippen LogP contribution is -2.42. The molecule has 1 aromatic carbocycles. The Kier molecular flexibility index (Phi) is 5.28. The highest BCUT2D eigenvalue weighted by molar-refractivity contribution is 5.91. The minimum absolute atomic E-state index is 0.0753. The number of hydrogen-bond donors (Lipinski definition) is 1. The summed E-state index contributed by atoms with van der Waals surface area (Å²) in [5.74, 6) is -0.495. The Hall–Kier alpha value is -3.95. The summed E-state index contributed by atoms with van der Waals surface area (Å²) in [5.41, 5.74) is 0.241. The van der Waals surface area contributed by atoms with Crippen molar-refractivity contribution in [2.24, 2.45) is 0 Å². The molecule has 4 aromatic rings. The topological polar surface area (TPSA) is 104 Å². The van der Waals surface area contributed by atoms with Gasteiger partial charge < -0.3 is 9.73 Å². The van der Waals surface area contributed by atoms with Crippen LogP contribution in [0.3, 0.4) is 0 Å². The fraction of sp³-hybridized carbons (Fsp3) is 0.238. The number of aryl methyl sites for hydroxylation is 2. The first-order valence-corrected chi connectivity index (χ1v) is 9.67. The number of nitrogens with zero attached hydrogens (tertiary/aromatic N) is 4. The SMILES string of the molecule is CCn1nc(C)c2c1c(=O)n(Cc1ccco1)c(=O)n2CC(=O)Nc1ccc(F)cc1. The largest absolute Gasteiger partial charge is 0.467 e. The van der Waals surface area contributed by atoms with Crippen molar-refractivity contribution in [1.82, 2.24) is 18.9 Å². The Morgan fingerprint density at radius 1 is 1.13 bits per heavy atom.